The van der Waals surface area contributed by atoms with E-state index in [4.69, 9.17) is 4.74 Å². The second-order valence-corrected chi connectivity index (χ2v) is 8.85. The maximum absolute atomic E-state index is 12.2. The first-order valence-corrected chi connectivity index (χ1v) is 9.70. The highest BCUT2D eigenvalue weighted by atomic mass is 32.2. The average molecular weight is 354 g/mol. The Hall–Kier alpha value is -1.60. The zero-order valence-electron chi connectivity index (χ0n) is 14.5. The summed E-state index contributed by atoms with van der Waals surface area (Å²) in [7, 11) is -3.57. The van der Waals surface area contributed by atoms with E-state index in [1.165, 1.54) is 12.1 Å². The third kappa shape index (κ3) is 5.79. The minimum Gasteiger partial charge on any atom is -0.484 e. The highest BCUT2D eigenvalue weighted by molar-refractivity contribution is 7.89. The number of carbonyl (C=O) groups is 1. The van der Waals surface area contributed by atoms with E-state index < -0.39 is 15.6 Å². The van der Waals surface area contributed by atoms with E-state index in [9.17, 15) is 13.2 Å². The Kier molecular flexibility index (Phi) is 5.87. The van der Waals surface area contributed by atoms with Crippen LogP contribution in [-0.4, -0.2) is 32.5 Å². The van der Waals surface area contributed by atoms with Gasteiger partial charge in [-0.1, -0.05) is 12.8 Å². The number of nitrogens with one attached hydrogen (secondary N) is 2. The number of amides is 1. The molecule has 1 aliphatic carbocycles. The van der Waals surface area contributed by atoms with Crippen LogP contribution in [0.5, 0.6) is 5.75 Å². The molecule has 1 saturated carbocycles. The van der Waals surface area contributed by atoms with E-state index in [0.717, 1.165) is 25.7 Å². The zero-order valence-corrected chi connectivity index (χ0v) is 15.3. The largest absolute Gasteiger partial charge is 0.484 e. The molecule has 0 aliphatic heterocycles. The summed E-state index contributed by atoms with van der Waals surface area (Å²) >= 11 is 0. The van der Waals surface area contributed by atoms with Crippen LogP contribution in [0.15, 0.2) is 29.2 Å². The SMILES string of the molecule is CC(C)(C)NS(=O)(=O)c1ccc(OCC(=O)NC2CCCC2)cc1. The molecule has 2 rings (SSSR count). The molecule has 0 saturated heterocycles. The maximum Gasteiger partial charge on any atom is 0.258 e. The van der Waals surface area contributed by atoms with Crippen LogP contribution in [0.4, 0.5) is 0 Å². The molecule has 24 heavy (non-hydrogen) atoms. The van der Waals surface area contributed by atoms with Gasteiger partial charge in [0.25, 0.3) is 5.91 Å². The van der Waals surface area contributed by atoms with E-state index in [1.54, 1.807) is 32.9 Å². The van der Waals surface area contributed by atoms with Crippen molar-refractivity contribution in [1.29, 1.82) is 0 Å². The topological polar surface area (TPSA) is 84.5 Å². The lowest BCUT2D eigenvalue weighted by atomic mass is 10.1. The minimum absolute atomic E-state index is 0.0666. The fourth-order valence-electron chi connectivity index (χ4n) is 2.67. The standard InChI is InChI=1S/C17H26N2O4S/c1-17(2,3)19-24(21,22)15-10-8-14(9-11-15)23-12-16(20)18-13-6-4-5-7-13/h8-11,13,19H,4-7,12H2,1-3H3,(H,18,20). The van der Waals surface area contributed by atoms with Gasteiger partial charge in [0.15, 0.2) is 6.61 Å². The maximum atomic E-state index is 12.2. The predicted octanol–water partition coefficient (Wildman–Crippen LogP) is 2.20. The van der Waals surface area contributed by atoms with Gasteiger partial charge < -0.3 is 10.1 Å². The van der Waals surface area contributed by atoms with Crippen molar-refractivity contribution < 1.29 is 17.9 Å². The molecule has 0 spiro atoms. The average Bonchev–Trinajstić information content (AvgIpc) is 2.96. The number of hydrogen-bond donors (Lipinski definition) is 2. The van der Waals surface area contributed by atoms with Crippen molar-refractivity contribution in [3.8, 4) is 5.75 Å². The quantitative estimate of drug-likeness (QED) is 0.820. The van der Waals surface area contributed by atoms with Crippen LogP contribution in [0.1, 0.15) is 46.5 Å². The molecule has 0 aromatic heterocycles. The van der Waals surface area contributed by atoms with Gasteiger partial charge in [0, 0.05) is 11.6 Å². The van der Waals surface area contributed by atoms with Crippen molar-refractivity contribution in [3.63, 3.8) is 0 Å². The molecular formula is C17H26N2O4S. The van der Waals surface area contributed by atoms with Crippen LogP contribution in [0.2, 0.25) is 0 Å². The Labute approximate surface area is 144 Å². The zero-order chi connectivity index (χ0) is 17.8. The Bertz CT molecular complexity index is 657. The van der Waals surface area contributed by atoms with Crippen molar-refractivity contribution in [2.75, 3.05) is 6.61 Å². The van der Waals surface area contributed by atoms with Gasteiger partial charge in [-0.2, -0.15) is 0 Å². The fourth-order valence-corrected chi connectivity index (χ4v) is 4.08. The van der Waals surface area contributed by atoms with Gasteiger partial charge in [-0.3, -0.25) is 4.79 Å². The summed E-state index contributed by atoms with van der Waals surface area (Å²) in [6.45, 7) is 5.28. The van der Waals surface area contributed by atoms with E-state index >= 15 is 0 Å². The molecule has 1 aliphatic rings. The number of hydrogen-bond acceptors (Lipinski definition) is 4. The highest BCUT2D eigenvalue weighted by Crippen LogP contribution is 2.19. The highest BCUT2D eigenvalue weighted by Gasteiger charge is 2.22. The summed E-state index contributed by atoms with van der Waals surface area (Å²) in [5.74, 6) is 0.319. The molecule has 0 bridgehead atoms. The fraction of sp³-hybridized carbons (Fsp3) is 0.588. The molecule has 0 atom stereocenters. The van der Waals surface area contributed by atoms with Gasteiger partial charge in [-0.15, -0.1) is 0 Å². The lowest BCUT2D eigenvalue weighted by Crippen LogP contribution is -2.40. The molecule has 1 aromatic carbocycles. The van der Waals surface area contributed by atoms with Crippen molar-refractivity contribution in [3.05, 3.63) is 24.3 Å². The first kappa shape index (κ1) is 18.7. The summed E-state index contributed by atoms with van der Waals surface area (Å²) < 4.78 is 32.4. The van der Waals surface area contributed by atoms with Crippen molar-refractivity contribution >= 4 is 15.9 Å². The molecule has 0 heterocycles. The van der Waals surface area contributed by atoms with Crippen LogP contribution in [-0.2, 0) is 14.8 Å². The Morgan fingerprint density at radius 3 is 2.29 bits per heavy atom. The summed E-state index contributed by atoms with van der Waals surface area (Å²) in [5, 5.41) is 2.94. The van der Waals surface area contributed by atoms with Gasteiger partial charge in [0.05, 0.1) is 4.90 Å². The number of benzene rings is 1. The van der Waals surface area contributed by atoms with Crippen molar-refractivity contribution in [2.45, 2.75) is 62.9 Å². The molecule has 134 valence electrons. The number of carbonyl (C=O) groups excluding carboxylic acids is 1. The van der Waals surface area contributed by atoms with E-state index in [-0.39, 0.29) is 23.5 Å². The van der Waals surface area contributed by atoms with Gasteiger partial charge >= 0.3 is 0 Å². The molecule has 7 heteroatoms. The third-order valence-corrected chi connectivity index (χ3v) is 5.44. The Morgan fingerprint density at radius 1 is 1.17 bits per heavy atom. The second kappa shape index (κ2) is 7.53. The van der Waals surface area contributed by atoms with Gasteiger partial charge in [-0.25, -0.2) is 13.1 Å². The summed E-state index contributed by atoms with van der Waals surface area (Å²) in [6, 6.07) is 6.31. The molecule has 6 nitrogen and oxygen atoms in total. The van der Waals surface area contributed by atoms with Crippen LogP contribution in [0.25, 0.3) is 0 Å². The Balaban J connectivity index is 1.88. The second-order valence-electron chi connectivity index (χ2n) is 7.16. The van der Waals surface area contributed by atoms with E-state index in [0.29, 0.717) is 5.75 Å². The first-order valence-electron chi connectivity index (χ1n) is 8.22. The van der Waals surface area contributed by atoms with Gasteiger partial charge in [0.1, 0.15) is 5.75 Å². The van der Waals surface area contributed by atoms with Gasteiger partial charge in [-0.05, 0) is 57.9 Å². The Morgan fingerprint density at radius 2 is 1.75 bits per heavy atom. The summed E-state index contributed by atoms with van der Waals surface area (Å²) in [4.78, 5) is 12.0. The van der Waals surface area contributed by atoms with E-state index in [1.807, 2.05) is 0 Å². The molecule has 0 unspecified atom stereocenters. The van der Waals surface area contributed by atoms with Crippen LogP contribution < -0.4 is 14.8 Å². The molecule has 0 radical (unpaired) electrons. The molecule has 1 amide bonds. The lowest BCUT2D eigenvalue weighted by Gasteiger charge is -2.20. The summed E-state index contributed by atoms with van der Waals surface area (Å²) in [6.07, 6.45) is 4.37. The number of sulfonamides is 1. The predicted molar refractivity (Wildman–Crippen MR) is 92.4 cm³/mol. The van der Waals surface area contributed by atoms with Gasteiger partial charge in [0.2, 0.25) is 10.0 Å². The van der Waals surface area contributed by atoms with Crippen molar-refractivity contribution in [2.24, 2.45) is 0 Å². The summed E-state index contributed by atoms with van der Waals surface area (Å²) in [5.41, 5.74) is -0.549. The van der Waals surface area contributed by atoms with Crippen LogP contribution in [0.3, 0.4) is 0 Å². The first-order chi connectivity index (χ1) is 11.2. The smallest absolute Gasteiger partial charge is 0.258 e. The minimum atomic E-state index is -3.57. The number of ether oxygens (including phenoxy) is 1. The molecule has 1 aromatic rings. The molecule has 1 fully saturated rings. The van der Waals surface area contributed by atoms with Crippen LogP contribution in [0, 0.1) is 0 Å². The lowest BCUT2D eigenvalue weighted by molar-refractivity contribution is -0.123. The monoisotopic (exact) mass is 354 g/mol. The molecule has 2 N–H and O–H groups in total. The van der Waals surface area contributed by atoms with Crippen molar-refractivity contribution in [1.82, 2.24) is 10.0 Å². The van der Waals surface area contributed by atoms with Crippen LogP contribution >= 0.6 is 0 Å². The molecular weight excluding hydrogens is 328 g/mol. The number of rotatable bonds is 6. The third-order valence-electron chi connectivity index (χ3n) is 3.66. The normalized spacial score (nSPS) is 16.1. The van der Waals surface area contributed by atoms with E-state index in [2.05, 4.69) is 10.0 Å².